The highest BCUT2D eigenvalue weighted by atomic mass is 15.0. The van der Waals surface area contributed by atoms with Gasteiger partial charge in [-0.25, -0.2) is 4.98 Å². The summed E-state index contributed by atoms with van der Waals surface area (Å²) < 4.78 is 0. The first-order valence-electron chi connectivity index (χ1n) is 6.23. The quantitative estimate of drug-likeness (QED) is 0.877. The lowest BCUT2D eigenvalue weighted by Gasteiger charge is -2.23. The summed E-state index contributed by atoms with van der Waals surface area (Å²) in [4.78, 5) is 4.24. The molecule has 0 aliphatic rings. The van der Waals surface area contributed by atoms with Crippen LogP contribution in [-0.2, 0) is 5.41 Å². The molecule has 0 spiro atoms. The average molecular weight is 251 g/mol. The van der Waals surface area contributed by atoms with E-state index in [4.69, 9.17) is 5.26 Å². The maximum Gasteiger partial charge on any atom is 0.131 e. The van der Waals surface area contributed by atoms with Crippen molar-refractivity contribution < 1.29 is 0 Å². The summed E-state index contributed by atoms with van der Waals surface area (Å²) in [5, 5.41) is 12.2. The van der Waals surface area contributed by atoms with E-state index in [0.717, 1.165) is 5.69 Å². The number of hydrogen-bond donors (Lipinski definition) is 1. The van der Waals surface area contributed by atoms with Gasteiger partial charge in [0.05, 0.1) is 11.6 Å². The van der Waals surface area contributed by atoms with Crippen LogP contribution in [0.2, 0.25) is 0 Å². The Morgan fingerprint density at radius 3 is 2.58 bits per heavy atom. The van der Waals surface area contributed by atoms with Gasteiger partial charge in [0.25, 0.3) is 0 Å². The van der Waals surface area contributed by atoms with Crippen LogP contribution in [0.3, 0.4) is 0 Å². The van der Waals surface area contributed by atoms with Crippen molar-refractivity contribution >= 4 is 11.5 Å². The Kier molecular flexibility index (Phi) is 3.52. The van der Waals surface area contributed by atoms with Crippen LogP contribution in [-0.4, -0.2) is 4.98 Å². The van der Waals surface area contributed by atoms with Crippen LogP contribution in [0, 0.1) is 11.3 Å². The van der Waals surface area contributed by atoms with Crippen LogP contribution in [0.5, 0.6) is 0 Å². The molecule has 0 bridgehead atoms. The SMILES string of the molecule is CC(C)(C)c1ccccc1Nc1cc(C#N)ccn1. The van der Waals surface area contributed by atoms with Crippen molar-refractivity contribution in [3.05, 3.63) is 53.7 Å². The summed E-state index contributed by atoms with van der Waals surface area (Å²) in [7, 11) is 0. The third-order valence-electron chi connectivity index (χ3n) is 2.89. The van der Waals surface area contributed by atoms with Crippen LogP contribution in [0.25, 0.3) is 0 Å². The summed E-state index contributed by atoms with van der Waals surface area (Å²) in [5.41, 5.74) is 2.90. The lowest BCUT2D eigenvalue weighted by Crippen LogP contribution is -2.13. The molecule has 0 atom stereocenters. The highest BCUT2D eigenvalue weighted by Gasteiger charge is 2.17. The van der Waals surface area contributed by atoms with Gasteiger partial charge in [-0.1, -0.05) is 39.0 Å². The largest absolute Gasteiger partial charge is 0.340 e. The molecule has 0 radical (unpaired) electrons. The summed E-state index contributed by atoms with van der Waals surface area (Å²) in [6.07, 6.45) is 1.64. The number of hydrogen-bond acceptors (Lipinski definition) is 3. The van der Waals surface area contributed by atoms with Gasteiger partial charge >= 0.3 is 0 Å². The summed E-state index contributed by atoms with van der Waals surface area (Å²) in [5.74, 6) is 0.691. The molecule has 2 rings (SSSR count). The van der Waals surface area contributed by atoms with Gasteiger partial charge in [0.2, 0.25) is 0 Å². The first-order chi connectivity index (χ1) is 9.00. The maximum absolute atomic E-state index is 8.91. The first kappa shape index (κ1) is 13.1. The smallest absolute Gasteiger partial charge is 0.131 e. The van der Waals surface area contributed by atoms with E-state index in [1.54, 1.807) is 18.3 Å². The minimum atomic E-state index is 0.0520. The molecule has 3 nitrogen and oxygen atoms in total. The monoisotopic (exact) mass is 251 g/mol. The van der Waals surface area contributed by atoms with Gasteiger partial charge in [-0.2, -0.15) is 5.26 Å². The van der Waals surface area contributed by atoms with Gasteiger partial charge in [-0.05, 0) is 29.2 Å². The maximum atomic E-state index is 8.91. The lowest BCUT2D eigenvalue weighted by atomic mass is 9.86. The fraction of sp³-hybridized carbons (Fsp3) is 0.250. The van der Waals surface area contributed by atoms with Crippen LogP contribution in [0.1, 0.15) is 31.9 Å². The Morgan fingerprint density at radius 2 is 1.89 bits per heavy atom. The van der Waals surface area contributed by atoms with E-state index in [1.165, 1.54) is 5.56 Å². The number of benzene rings is 1. The predicted octanol–water partition coefficient (Wildman–Crippen LogP) is 3.99. The molecule has 0 unspecified atom stereocenters. The third-order valence-corrected chi connectivity index (χ3v) is 2.89. The molecular weight excluding hydrogens is 234 g/mol. The van der Waals surface area contributed by atoms with Crippen LogP contribution in [0.15, 0.2) is 42.6 Å². The van der Waals surface area contributed by atoms with E-state index in [1.807, 2.05) is 18.2 Å². The minimum Gasteiger partial charge on any atom is -0.340 e. The number of rotatable bonds is 2. The molecule has 0 saturated heterocycles. The molecule has 19 heavy (non-hydrogen) atoms. The van der Waals surface area contributed by atoms with E-state index in [2.05, 4.69) is 43.2 Å². The zero-order valence-electron chi connectivity index (χ0n) is 11.4. The fourth-order valence-corrected chi connectivity index (χ4v) is 1.95. The highest BCUT2D eigenvalue weighted by molar-refractivity contribution is 5.63. The molecule has 0 aliphatic carbocycles. The number of aromatic nitrogens is 1. The number of anilines is 2. The molecule has 1 aromatic carbocycles. The highest BCUT2D eigenvalue weighted by Crippen LogP contribution is 2.30. The van der Waals surface area contributed by atoms with Gasteiger partial charge in [-0.15, -0.1) is 0 Å². The third kappa shape index (κ3) is 3.11. The van der Waals surface area contributed by atoms with E-state index >= 15 is 0 Å². The predicted molar refractivity (Wildman–Crippen MR) is 77.4 cm³/mol. The molecule has 1 heterocycles. The van der Waals surface area contributed by atoms with E-state index in [0.29, 0.717) is 11.4 Å². The van der Waals surface area contributed by atoms with E-state index < -0.39 is 0 Å². The molecule has 0 aliphatic heterocycles. The number of nitriles is 1. The molecule has 2 aromatic rings. The van der Waals surface area contributed by atoms with Gasteiger partial charge in [-0.3, -0.25) is 0 Å². The van der Waals surface area contributed by atoms with Crippen molar-refractivity contribution in [3.63, 3.8) is 0 Å². The van der Waals surface area contributed by atoms with Crippen molar-refractivity contribution in [2.24, 2.45) is 0 Å². The molecular formula is C16H17N3. The second kappa shape index (κ2) is 5.11. The standard InChI is InChI=1S/C16H17N3/c1-16(2,3)13-6-4-5-7-14(13)19-15-10-12(11-17)8-9-18-15/h4-10H,1-3H3,(H,18,19). The van der Waals surface area contributed by atoms with Crippen molar-refractivity contribution in [1.29, 1.82) is 5.26 Å². The Hall–Kier alpha value is -2.34. The molecule has 96 valence electrons. The topological polar surface area (TPSA) is 48.7 Å². The normalized spacial score (nSPS) is 10.8. The lowest BCUT2D eigenvalue weighted by molar-refractivity contribution is 0.592. The van der Waals surface area contributed by atoms with E-state index in [-0.39, 0.29) is 5.41 Å². The number of nitrogens with one attached hydrogen (secondary N) is 1. The Morgan fingerprint density at radius 1 is 1.16 bits per heavy atom. The van der Waals surface area contributed by atoms with Crippen molar-refractivity contribution in [3.8, 4) is 6.07 Å². The van der Waals surface area contributed by atoms with Crippen LogP contribution in [0.4, 0.5) is 11.5 Å². The zero-order chi connectivity index (χ0) is 13.9. The Bertz CT molecular complexity index is 618. The van der Waals surface area contributed by atoms with Crippen LogP contribution >= 0.6 is 0 Å². The number of nitrogens with zero attached hydrogens (tertiary/aromatic N) is 2. The molecule has 1 aromatic heterocycles. The van der Waals surface area contributed by atoms with Gasteiger partial charge in [0, 0.05) is 11.9 Å². The van der Waals surface area contributed by atoms with Gasteiger partial charge in [0.1, 0.15) is 5.82 Å². The molecule has 3 heteroatoms. The molecule has 0 saturated carbocycles. The summed E-state index contributed by atoms with van der Waals surface area (Å²) >= 11 is 0. The van der Waals surface area contributed by atoms with Crippen molar-refractivity contribution in [2.75, 3.05) is 5.32 Å². The first-order valence-corrected chi connectivity index (χ1v) is 6.23. The molecule has 0 fully saturated rings. The number of pyridine rings is 1. The fourth-order valence-electron chi connectivity index (χ4n) is 1.95. The average Bonchev–Trinajstić information content (AvgIpc) is 2.38. The van der Waals surface area contributed by atoms with Crippen molar-refractivity contribution in [1.82, 2.24) is 4.98 Å². The molecule has 1 N–H and O–H groups in total. The van der Waals surface area contributed by atoms with Crippen LogP contribution < -0.4 is 5.32 Å². The Labute approximate surface area is 113 Å². The second-order valence-corrected chi connectivity index (χ2v) is 5.46. The minimum absolute atomic E-state index is 0.0520. The zero-order valence-corrected chi connectivity index (χ0v) is 11.4. The Balaban J connectivity index is 2.36. The van der Waals surface area contributed by atoms with Gasteiger partial charge in [0.15, 0.2) is 0 Å². The van der Waals surface area contributed by atoms with Gasteiger partial charge < -0.3 is 5.32 Å². The van der Waals surface area contributed by atoms with Crippen molar-refractivity contribution in [2.45, 2.75) is 26.2 Å². The summed E-state index contributed by atoms with van der Waals surface area (Å²) in [6, 6.07) is 13.7. The second-order valence-electron chi connectivity index (χ2n) is 5.46. The molecule has 0 amide bonds. The number of para-hydroxylation sites is 1. The van der Waals surface area contributed by atoms with E-state index in [9.17, 15) is 0 Å². The summed E-state index contributed by atoms with van der Waals surface area (Å²) in [6.45, 7) is 6.52.